The van der Waals surface area contributed by atoms with E-state index in [-0.39, 0.29) is 0 Å². The number of aromatic nitrogens is 4. The van der Waals surface area contributed by atoms with Crippen molar-refractivity contribution in [3.63, 3.8) is 0 Å². The normalized spacial score (nSPS) is 11.9. The van der Waals surface area contributed by atoms with E-state index in [2.05, 4.69) is 228 Å². The van der Waals surface area contributed by atoms with Gasteiger partial charge in [0.05, 0.1) is 0 Å². The first-order valence-electron chi connectivity index (χ1n) is 19.4. The van der Waals surface area contributed by atoms with Gasteiger partial charge in [-0.1, -0.05) is 0 Å². The van der Waals surface area contributed by atoms with Crippen LogP contribution in [-0.2, 0) is 0 Å². The molecule has 0 unspecified atom stereocenters. The molecule has 0 saturated carbocycles. The Hall–Kier alpha value is -7.02. The van der Waals surface area contributed by atoms with Crippen LogP contribution >= 0.6 is 0 Å². The molecule has 5 heteroatoms. The van der Waals surface area contributed by atoms with E-state index >= 15 is 0 Å². The van der Waals surface area contributed by atoms with Gasteiger partial charge in [-0.3, -0.25) is 0 Å². The second-order valence-corrected chi connectivity index (χ2v) is 22.6. The van der Waals surface area contributed by atoms with E-state index in [1.807, 2.05) is 0 Å². The first-order chi connectivity index (χ1) is 28.3. The molecule has 57 heavy (non-hydrogen) atoms. The van der Waals surface area contributed by atoms with Crippen LogP contribution < -0.4 is 17.6 Å². The van der Waals surface area contributed by atoms with Crippen molar-refractivity contribution in [1.29, 1.82) is 0 Å². The molecular weight excluding hydrogens is 753 g/mol. The van der Waals surface area contributed by atoms with Crippen LogP contribution in [0.3, 0.4) is 0 Å². The van der Waals surface area contributed by atoms with Gasteiger partial charge in [-0.15, -0.1) is 0 Å². The summed E-state index contributed by atoms with van der Waals surface area (Å²) in [5.41, 5.74) is 6.28. The molecule has 11 rings (SSSR count). The number of hydrogen-bond donors (Lipinski definition) is 0. The Kier molecular flexibility index (Phi) is 7.97. The third-order valence-corrected chi connectivity index (χ3v) is 21.5. The quantitative estimate of drug-likeness (QED) is 0.151. The van der Waals surface area contributed by atoms with Gasteiger partial charge in [0.1, 0.15) is 0 Å². The van der Waals surface area contributed by atoms with Crippen molar-refractivity contribution >= 4 is 74.5 Å². The SMILES string of the molecule is c1cc[c]([Ge]([c]2ccccc2)([c]2ccccc2)[c]2cccc(-c3cc(-n4c5ccccc5c5ccccc54)nc(-n4c5ccccc5c5ccccc54)n3)c2)cc1. The number of fused-ring (bicyclic) bond motifs is 6. The van der Waals surface area contributed by atoms with E-state index in [0.717, 1.165) is 39.1 Å². The summed E-state index contributed by atoms with van der Waals surface area (Å²) in [6.45, 7) is 0. The molecule has 0 saturated heterocycles. The van der Waals surface area contributed by atoms with E-state index in [4.69, 9.17) is 9.97 Å². The zero-order chi connectivity index (χ0) is 37.8. The van der Waals surface area contributed by atoms with Crippen LogP contribution in [0.5, 0.6) is 0 Å². The molecule has 0 spiro atoms. The van der Waals surface area contributed by atoms with E-state index < -0.39 is 13.3 Å². The number of rotatable bonds is 7. The molecule has 11 aromatic rings. The third kappa shape index (κ3) is 5.29. The second kappa shape index (κ2) is 13.6. The molecule has 4 nitrogen and oxygen atoms in total. The molecular formula is C52H36GeN4. The van der Waals surface area contributed by atoms with Gasteiger partial charge >= 0.3 is 335 Å². The molecule has 0 aliphatic heterocycles. The van der Waals surface area contributed by atoms with Gasteiger partial charge in [-0.25, -0.2) is 0 Å². The summed E-state index contributed by atoms with van der Waals surface area (Å²) < 4.78 is 10.0. The molecule has 0 atom stereocenters. The number of para-hydroxylation sites is 4. The fourth-order valence-corrected chi connectivity index (χ4v) is 19.1. The Morgan fingerprint density at radius 2 is 0.702 bits per heavy atom. The first kappa shape index (κ1) is 33.3. The zero-order valence-corrected chi connectivity index (χ0v) is 33.2. The van der Waals surface area contributed by atoms with Crippen LogP contribution in [-0.4, -0.2) is 32.4 Å². The summed E-state index contributed by atoms with van der Waals surface area (Å²) in [5.74, 6) is 1.45. The van der Waals surface area contributed by atoms with E-state index in [0.29, 0.717) is 5.95 Å². The van der Waals surface area contributed by atoms with Gasteiger partial charge < -0.3 is 0 Å². The number of nitrogens with zero attached hydrogens (tertiary/aromatic N) is 4. The standard InChI is InChI=1S/C52H36GeN4/c1-4-20-38(21-5-1)53(39-22-6-2-7-23-39,40-24-8-3-9-25-40)41-26-18-19-37(35-41)46-36-51(56-47-31-14-10-27-42(47)43-28-11-15-32-48(43)56)55-52(54-46)57-49-33-16-12-29-44(49)45-30-13-17-34-50(45)57/h1-36H. The van der Waals surface area contributed by atoms with Crippen molar-refractivity contribution in [1.82, 2.24) is 19.1 Å². The third-order valence-electron chi connectivity index (χ3n) is 11.5. The molecule has 3 aromatic heterocycles. The summed E-state index contributed by atoms with van der Waals surface area (Å²) in [6.07, 6.45) is 0. The van der Waals surface area contributed by atoms with E-state index in [1.165, 1.54) is 39.1 Å². The fourth-order valence-electron chi connectivity index (χ4n) is 9.07. The van der Waals surface area contributed by atoms with Crippen molar-refractivity contribution in [2.45, 2.75) is 0 Å². The molecule has 0 radical (unpaired) electrons. The van der Waals surface area contributed by atoms with Crippen molar-refractivity contribution in [2.24, 2.45) is 0 Å². The summed E-state index contributed by atoms with van der Waals surface area (Å²) in [6, 6.07) is 79.2. The Morgan fingerprint density at radius 3 is 1.16 bits per heavy atom. The summed E-state index contributed by atoms with van der Waals surface area (Å²) in [4.78, 5) is 11.0. The van der Waals surface area contributed by atoms with Gasteiger partial charge in [0, 0.05) is 0 Å². The number of benzene rings is 8. The second-order valence-electron chi connectivity index (χ2n) is 14.6. The van der Waals surface area contributed by atoms with Crippen LogP contribution in [0.2, 0.25) is 0 Å². The maximum absolute atomic E-state index is 5.52. The monoisotopic (exact) mass is 790 g/mol. The molecule has 3 heterocycles. The molecule has 0 aliphatic rings. The van der Waals surface area contributed by atoms with Gasteiger partial charge in [0.25, 0.3) is 0 Å². The summed E-state index contributed by atoms with van der Waals surface area (Å²) >= 11 is -3.57. The van der Waals surface area contributed by atoms with Crippen LogP contribution in [0.1, 0.15) is 0 Å². The van der Waals surface area contributed by atoms with Crippen molar-refractivity contribution in [3.05, 3.63) is 218 Å². The average molecular weight is 789 g/mol. The molecule has 0 aliphatic carbocycles. The Morgan fingerprint density at radius 1 is 0.316 bits per heavy atom. The maximum atomic E-state index is 5.52. The fraction of sp³-hybridized carbons (Fsp3) is 0. The molecule has 0 fully saturated rings. The van der Waals surface area contributed by atoms with Gasteiger partial charge in [0.15, 0.2) is 0 Å². The molecule has 268 valence electrons. The van der Waals surface area contributed by atoms with Gasteiger partial charge in [0.2, 0.25) is 0 Å². The predicted molar refractivity (Wildman–Crippen MR) is 240 cm³/mol. The van der Waals surface area contributed by atoms with Gasteiger partial charge in [-0.05, 0) is 0 Å². The molecule has 0 bridgehead atoms. The molecule has 8 aromatic carbocycles. The summed E-state index contributed by atoms with van der Waals surface area (Å²) in [7, 11) is 0. The average Bonchev–Trinajstić information content (AvgIpc) is 3.81. The number of hydrogen-bond acceptors (Lipinski definition) is 2. The van der Waals surface area contributed by atoms with Crippen LogP contribution in [0.4, 0.5) is 0 Å². The Balaban J connectivity index is 1.22. The minimum atomic E-state index is -3.57. The Bertz CT molecular complexity index is 2910. The van der Waals surface area contributed by atoms with Crippen molar-refractivity contribution in [3.8, 4) is 23.0 Å². The topological polar surface area (TPSA) is 35.6 Å². The Labute approximate surface area is 333 Å². The minimum absolute atomic E-state index is 0.633. The zero-order valence-electron chi connectivity index (χ0n) is 31.1. The molecule has 0 amide bonds. The predicted octanol–water partition coefficient (Wildman–Crippen LogP) is 9.72. The first-order valence-corrected chi connectivity index (χ1v) is 23.6. The van der Waals surface area contributed by atoms with E-state index in [1.54, 1.807) is 0 Å². The van der Waals surface area contributed by atoms with Gasteiger partial charge in [-0.2, -0.15) is 0 Å². The van der Waals surface area contributed by atoms with Crippen LogP contribution in [0.25, 0.3) is 66.6 Å². The van der Waals surface area contributed by atoms with Crippen LogP contribution in [0, 0.1) is 0 Å². The van der Waals surface area contributed by atoms with Crippen molar-refractivity contribution in [2.75, 3.05) is 0 Å². The summed E-state index contributed by atoms with van der Waals surface area (Å²) in [5, 5.41) is 4.74. The van der Waals surface area contributed by atoms with E-state index in [9.17, 15) is 0 Å². The van der Waals surface area contributed by atoms with Crippen molar-refractivity contribution < 1.29 is 0 Å². The molecule has 0 N–H and O–H groups in total. The van der Waals surface area contributed by atoms with Crippen LogP contribution in [0.15, 0.2) is 218 Å².